The molecular formula is C40H56N6O9. The minimum Gasteiger partial charge on any atom is -0.444 e. The van der Waals surface area contributed by atoms with Crippen LogP contribution >= 0.6 is 0 Å². The summed E-state index contributed by atoms with van der Waals surface area (Å²) in [7, 11) is 0. The van der Waals surface area contributed by atoms with Crippen LogP contribution in [-0.4, -0.2) is 74.2 Å². The molecule has 0 bridgehead atoms. The van der Waals surface area contributed by atoms with Crippen LogP contribution in [0.3, 0.4) is 0 Å². The summed E-state index contributed by atoms with van der Waals surface area (Å²) in [5.74, 6) is 0. The van der Waals surface area contributed by atoms with E-state index in [9.17, 15) is 14.4 Å². The van der Waals surface area contributed by atoms with Crippen molar-refractivity contribution in [2.24, 2.45) is 5.10 Å². The van der Waals surface area contributed by atoms with Crippen LogP contribution in [0.25, 0.3) is 0 Å². The average Bonchev–Trinajstić information content (AvgIpc) is 3.94. The number of nitrogens with zero attached hydrogens (tertiary/aromatic N) is 1. The third-order valence-corrected chi connectivity index (χ3v) is 8.60. The van der Waals surface area contributed by atoms with Gasteiger partial charge in [-0.05, 0) is 50.3 Å². The van der Waals surface area contributed by atoms with E-state index in [1.807, 2.05) is 112 Å². The molecule has 5 atom stereocenters. The van der Waals surface area contributed by atoms with E-state index in [1.165, 1.54) is 0 Å². The van der Waals surface area contributed by atoms with Gasteiger partial charge in [0.25, 0.3) is 0 Å². The van der Waals surface area contributed by atoms with E-state index in [-0.39, 0.29) is 57.6 Å². The third kappa shape index (κ3) is 17.3. The Morgan fingerprint density at radius 3 is 1.35 bits per heavy atom. The molecule has 3 heterocycles. The third-order valence-electron chi connectivity index (χ3n) is 8.60. The van der Waals surface area contributed by atoms with E-state index < -0.39 is 18.3 Å². The minimum atomic E-state index is -0.551. The lowest BCUT2D eigenvalue weighted by Crippen LogP contribution is -2.47. The number of carbonyl (C=O) groups is 3. The topological polar surface area (TPSA) is 179 Å². The molecule has 3 aliphatic rings. The van der Waals surface area contributed by atoms with E-state index in [4.69, 9.17) is 28.4 Å². The van der Waals surface area contributed by atoms with Gasteiger partial charge >= 0.3 is 18.3 Å². The van der Waals surface area contributed by atoms with Crippen LogP contribution in [-0.2, 0) is 48.2 Å². The molecular weight excluding hydrogens is 708 g/mol. The molecule has 3 aromatic rings. The molecule has 1 unspecified atom stereocenters. The van der Waals surface area contributed by atoms with Gasteiger partial charge in [-0.1, -0.05) is 98.4 Å². The first-order valence-corrected chi connectivity index (χ1v) is 18.1. The van der Waals surface area contributed by atoms with Crippen molar-refractivity contribution in [3.63, 3.8) is 0 Å². The first-order chi connectivity index (χ1) is 26.3. The zero-order chi connectivity index (χ0) is 38.4. The highest BCUT2D eigenvalue weighted by molar-refractivity contribution is 5.90. The zero-order valence-electron chi connectivity index (χ0n) is 31.0. The molecule has 0 aromatic heterocycles. The quantitative estimate of drug-likeness (QED) is 0.116. The Balaban J connectivity index is 0.000000220. The molecule has 0 radical (unpaired) electrons. The van der Waals surface area contributed by atoms with Crippen LogP contribution in [0.5, 0.6) is 0 Å². The molecule has 3 aromatic carbocycles. The number of rotatable bonds is 11. The number of amides is 3. The summed E-state index contributed by atoms with van der Waals surface area (Å²) < 4.78 is 31.2. The van der Waals surface area contributed by atoms with Crippen molar-refractivity contribution in [3.8, 4) is 0 Å². The second kappa shape index (κ2) is 25.1. The summed E-state index contributed by atoms with van der Waals surface area (Å²) >= 11 is 0. The highest BCUT2D eigenvalue weighted by atomic mass is 16.6. The molecule has 5 N–H and O–H groups in total. The first kappa shape index (κ1) is 44.3. The largest absolute Gasteiger partial charge is 0.444 e. The van der Waals surface area contributed by atoms with Crippen molar-refractivity contribution in [1.82, 2.24) is 27.1 Å². The minimum absolute atomic E-state index is 0. The lowest BCUT2D eigenvalue weighted by Gasteiger charge is -2.16. The summed E-state index contributed by atoms with van der Waals surface area (Å²) in [5, 5.41) is 3.98. The van der Waals surface area contributed by atoms with Gasteiger partial charge in [0.05, 0.1) is 42.7 Å². The van der Waals surface area contributed by atoms with E-state index in [2.05, 4.69) is 32.2 Å². The Bertz CT molecular complexity index is 1490. The maximum Gasteiger partial charge on any atom is 0.428 e. The molecule has 0 spiro atoms. The van der Waals surface area contributed by atoms with Crippen LogP contribution < -0.4 is 27.1 Å². The maximum atomic E-state index is 11.4. The van der Waals surface area contributed by atoms with E-state index in [1.54, 1.807) is 0 Å². The van der Waals surface area contributed by atoms with Crippen molar-refractivity contribution in [3.05, 3.63) is 108 Å². The Kier molecular flexibility index (Phi) is 20.2. The zero-order valence-corrected chi connectivity index (χ0v) is 31.0. The lowest BCUT2D eigenvalue weighted by molar-refractivity contribution is 0.104. The number of hydrazine groups is 2. The predicted molar refractivity (Wildman–Crippen MR) is 207 cm³/mol. The molecule has 6 rings (SSSR count). The lowest BCUT2D eigenvalue weighted by atomic mass is 10.2. The summed E-state index contributed by atoms with van der Waals surface area (Å²) in [5.41, 5.74) is 17.0. The normalized spacial score (nSPS) is 21.7. The molecule has 0 aliphatic carbocycles. The number of hydrogen-bond donors (Lipinski definition) is 5. The monoisotopic (exact) mass is 764 g/mol. The van der Waals surface area contributed by atoms with Crippen molar-refractivity contribution in [1.29, 1.82) is 0 Å². The summed E-state index contributed by atoms with van der Waals surface area (Å²) in [4.78, 5) is 34.3. The van der Waals surface area contributed by atoms with Gasteiger partial charge in [0.2, 0.25) is 0 Å². The van der Waals surface area contributed by atoms with Crippen molar-refractivity contribution < 1.29 is 42.8 Å². The van der Waals surface area contributed by atoms with Gasteiger partial charge in [-0.2, -0.15) is 5.10 Å². The van der Waals surface area contributed by atoms with Crippen LogP contribution in [0.2, 0.25) is 0 Å². The second-order valence-corrected chi connectivity index (χ2v) is 12.6. The van der Waals surface area contributed by atoms with Gasteiger partial charge in [0.1, 0.15) is 19.8 Å². The van der Waals surface area contributed by atoms with E-state index in [0.29, 0.717) is 6.61 Å². The summed E-state index contributed by atoms with van der Waals surface area (Å²) in [6.45, 7) is 8.73. The van der Waals surface area contributed by atoms with Crippen LogP contribution in [0, 0.1) is 0 Å². The standard InChI is InChI=1S/2C13H18N2O3.C13H16N2O3.CH4/c3*1-10-12(7-8-17-10)14-15-13(16)18-9-11-5-3-2-4-6-11;/h2*2-6,10,12,14H,7-9H2,1H3,(H,15,16);2-6,10H,7-9H2,1H3,(H,15,16);1H4/b;;14-12-;/t10-,12+;10-,12-;;/m01../s1. The fraction of sp³-hybridized carbons (Fsp3) is 0.450. The van der Waals surface area contributed by atoms with Crippen LogP contribution in [0.15, 0.2) is 96.1 Å². The van der Waals surface area contributed by atoms with Crippen molar-refractivity contribution in [2.45, 2.75) is 97.7 Å². The van der Waals surface area contributed by atoms with Crippen molar-refractivity contribution >= 4 is 24.0 Å². The molecule has 55 heavy (non-hydrogen) atoms. The van der Waals surface area contributed by atoms with Crippen LogP contribution in [0.4, 0.5) is 14.4 Å². The van der Waals surface area contributed by atoms with Gasteiger partial charge in [-0.15, -0.1) is 0 Å². The van der Waals surface area contributed by atoms with Crippen LogP contribution in [0.1, 0.15) is 64.2 Å². The van der Waals surface area contributed by atoms with Crippen molar-refractivity contribution in [2.75, 3.05) is 19.8 Å². The number of carbonyl (C=O) groups excluding carboxylic acids is 3. The fourth-order valence-corrected chi connectivity index (χ4v) is 5.32. The fourth-order valence-electron chi connectivity index (χ4n) is 5.32. The number of benzene rings is 3. The molecule has 3 amide bonds. The second-order valence-electron chi connectivity index (χ2n) is 12.6. The summed E-state index contributed by atoms with van der Waals surface area (Å²) in [6, 6.07) is 28.9. The van der Waals surface area contributed by atoms with E-state index >= 15 is 0 Å². The van der Waals surface area contributed by atoms with Gasteiger partial charge < -0.3 is 28.4 Å². The highest BCUT2D eigenvalue weighted by Crippen LogP contribution is 2.13. The molecule has 3 saturated heterocycles. The SMILES string of the molecule is C.CC1OCC/C1=N/NC(=O)OCc1ccccc1.C[C@@H]1OCC[C@H]1NNC(=O)OCc1ccccc1.C[C@H]1OCC[C@H]1NNC(=O)OCc1ccccc1. The molecule has 0 saturated carbocycles. The predicted octanol–water partition coefficient (Wildman–Crippen LogP) is 5.90. The number of hydrogen-bond acceptors (Lipinski definition) is 12. The highest BCUT2D eigenvalue weighted by Gasteiger charge is 2.25. The number of nitrogens with one attached hydrogen (secondary N) is 5. The van der Waals surface area contributed by atoms with E-state index in [0.717, 1.165) is 54.9 Å². The molecule has 3 aliphatic heterocycles. The summed E-state index contributed by atoms with van der Waals surface area (Å²) in [6.07, 6.45) is 1.22. The van der Waals surface area contributed by atoms with Gasteiger partial charge in [0, 0.05) is 19.6 Å². The average molecular weight is 765 g/mol. The Morgan fingerprint density at radius 1 is 0.600 bits per heavy atom. The maximum absolute atomic E-state index is 11.4. The Morgan fingerprint density at radius 2 is 1.00 bits per heavy atom. The molecule has 300 valence electrons. The molecule has 3 fully saturated rings. The smallest absolute Gasteiger partial charge is 0.428 e. The Labute approximate surface area is 323 Å². The molecule has 15 heteroatoms. The van der Waals surface area contributed by atoms with Gasteiger partial charge in [-0.3, -0.25) is 10.9 Å². The van der Waals surface area contributed by atoms with Gasteiger partial charge in [0.15, 0.2) is 0 Å². The first-order valence-electron chi connectivity index (χ1n) is 18.1. The molecule has 15 nitrogen and oxygen atoms in total. The number of hydrazone groups is 1. The number of ether oxygens (including phenoxy) is 6. The Hall–Kier alpha value is -5.06. The van der Waals surface area contributed by atoms with Gasteiger partial charge in [-0.25, -0.2) is 30.7 Å².